The molecule has 0 saturated carbocycles. The first-order valence-electron chi connectivity index (χ1n) is 8.61. The number of aromatic amines is 1. The number of benzene rings is 2. The number of rotatable bonds is 5. The fourth-order valence-corrected chi connectivity index (χ4v) is 2.52. The molecule has 6 nitrogen and oxygen atoms in total. The Kier molecular flexibility index (Phi) is 5.86. The number of imidazole rings is 1. The van der Waals surface area contributed by atoms with Gasteiger partial charge in [0.2, 0.25) is 0 Å². The number of halogens is 4. The van der Waals surface area contributed by atoms with Gasteiger partial charge in [-0.25, -0.2) is 27.3 Å². The molecule has 0 aliphatic rings. The highest BCUT2D eigenvalue weighted by Gasteiger charge is 2.21. The van der Waals surface area contributed by atoms with Gasteiger partial charge in [0.05, 0.1) is 11.3 Å². The van der Waals surface area contributed by atoms with Gasteiger partial charge in [-0.3, -0.25) is 4.79 Å². The number of nitrogens with one attached hydrogen (secondary N) is 2. The molecule has 0 atom stereocenters. The molecule has 2 aromatic carbocycles. The number of aryl methyl sites for hydroxylation is 2. The van der Waals surface area contributed by atoms with Gasteiger partial charge in [-0.05, 0) is 26.0 Å². The van der Waals surface area contributed by atoms with Crippen molar-refractivity contribution in [2.45, 2.75) is 13.8 Å². The highest BCUT2D eigenvalue weighted by atomic mass is 19.2. The summed E-state index contributed by atoms with van der Waals surface area (Å²) >= 11 is 0. The number of carbonyl (C=O) groups excluding carboxylic acids is 2. The number of aromatic nitrogens is 2. The molecule has 0 spiro atoms. The molecule has 0 radical (unpaired) electrons. The molecule has 30 heavy (non-hydrogen) atoms. The number of amides is 1. The van der Waals surface area contributed by atoms with Crippen LogP contribution in [0.15, 0.2) is 30.3 Å². The minimum atomic E-state index is -1.77. The summed E-state index contributed by atoms with van der Waals surface area (Å²) < 4.78 is 58.2. The van der Waals surface area contributed by atoms with E-state index in [0.29, 0.717) is 5.82 Å². The maximum Gasteiger partial charge on any atom is 0.338 e. The maximum atomic E-state index is 13.6. The van der Waals surface area contributed by atoms with Gasteiger partial charge in [0.25, 0.3) is 5.91 Å². The zero-order valence-electron chi connectivity index (χ0n) is 15.8. The standard InChI is InChI=1S/C20H15F4N3O3/c1-9-10(2)26-19(25-9)11-3-5-12(6-4-11)20(29)30-8-15(28)27-18-16(23)13(21)7-14(22)17(18)24/h3-7H,8H2,1-2H3,(H,25,26)(H,27,28). The quantitative estimate of drug-likeness (QED) is 0.370. The second-order valence-electron chi connectivity index (χ2n) is 6.34. The Labute approximate surface area is 167 Å². The van der Waals surface area contributed by atoms with Crippen molar-refractivity contribution in [3.05, 3.63) is 70.6 Å². The molecule has 3 rings (SSSR count). The highest BCUT2D eigenvalue weighted by Crippen LogP contribution is 2.24. The monoisotopic (exact) mass is 421 g/mol. The van der Waals surface area contributed by atoms with Gasteiger partial charge in [-0.2, -0.15) is 0 Å². The summed E-state index contributed by atoms with van der Waals surface area (Å²) in [4.78, 5) is 31.3. The van der Waals surface area contributed by atoms with Crippen molar-refractivity contribution >= 4 is 17.6 Å². The van der Waals surface area contributed by atoms with Crippen molar-refractivity contribution in [2.75, 3.05) is 11.9 Å². The highest BCUT2D eigenvalue weighted by molar-refractivity contribution is 5.95. The van der Waals surface area contributed by atoms with Crippen LogP contribution >= 0.6 is 0 Å². The zero-order chi connectivity index (χ0) is 22.0. The molecule has 10 heteroatoms. The molecule has 156 valence electrons. The van der Waals surface area contributed by atoms with Gasteiger partial charge >= 0.3 is 5.97 Å². The molecular weight excluding hydrogens is 406 g/mol. The van der Waals surface area contributed by atoms with Crippen LogP contribution < -0.4 is 5.32 Å². The normalized spacial score (nSPS) is 10.7. The zero-order valence-corrected chi connectivity index (χ0v) is 15.8. The third-order valence-electron chi connectivity index (χ3n) is 4.23. The Hall–Kier alpha value is -3.69. The van der Waals surface area contributed by atoms with Crippen molar-refractivity contribution in [1.29, 1.82) is 0 Å². The van der Waals surface area contributed by atoms with Crippen LogP contribution in [0.2, 0.25) is 0 Å². The van der Waals surface area contributed by atoms with Gasteiger partial charge in [-0.15, -0.1) is 0 Å². The van der Waals surface area contributed by atoms with E-state index in [2.05, 4.69) is 9.97 Å². The smallest absolute Gasteiger partial charge is 0.338 e. The first kappa shape index (κ1) is 21.0. The third-order valence-corrected chi connectivity index (χ3v) is 4.23. The van der Waals surface area contributed by atoms with E-state index >= 15 is 0 Å². The van der Waals surface area contributed by atoms with E-state index in [1.165, 1.54) is 12.1 Å². The fraction of sp³-hybridized carbons (Fsp3) is 0.150. The summed E-state index contributed by atoms with van der Waals surface area (Å²) in [5, 5.41) is 1.65. The molecule has 0 aliphatic heterocycles. The topological polar surface area (TPSA) is 84.1 Å². The Morgan fingerprint density at radius 1 is 1.03 bits per heavy atom. The van der Waals surface area contributed by atoms with Crippen LogP contribution in [-0.2, 0) is 9.53 Å². The first-order valence-corrected chi connectivity index (χ1v) is 8.61. The number of hydrogen-bond donors (Lipinski definition) is 2. The lowest BCUT2D eigenvalue weighted by molar-refractivity contribution is -0.119. The molecule has 0 fully saturated rings. The number of esters is 1. The van der Waals surface area contributed by atoms with Crippen LogP contribution in [0.3, 0.4) is 0 Å². The largest absolute Gasteiger partial charge is 0.452 e. The lowest BCUT2D eigenvalue weighted by atomic mass is 10.1. The molecule has 3 aromatic rings. The number of ether oxygens (including phenoxy) is 1. The molecule has 0 bridgehead atoms. The predicted molar refractivity (Wildman–Crippen MR) is 98.7 cm³/mol. The van der Waals surface area contributed by atoms with E-state index in [1.807, 2.05) is 13.8 Å². The summed E-state index contributed by atoms with van der Waals surface area (Å²) in [6.07, 6.45) is 0. The van der Waals surface area contributed by atoms with Gasteiger partial charge in [0, 0.05) is 17.3 Å². The summed E-state index contributed by atoms with van der Waals surface area (Å²) in [6, 6.07) is 6.15. The minimum Gasteiger partial charge on any atom is -0.452 e. The number of carbonyl (C=O) groups is 2. The molecule has 0 saturated heterocycles. The van der Waals surface area contributed by atoms with E-state index < -0.39 is 47.4 Å². The summed E-state index contributed by atoms with van der Waals surface area (Å²) in [5.74, 6) is -8.33. The van der Waals surface area contributed by atoms with E-state index in [-0.39, 0.29) is 11.6 Å². The maximum absolute atomic E-state index is 13.6. The van der Waals surface area contributed by atoms with Crippen molar-refractivity contribution in [1.82, 2.24) is 9.97 Å². The molecular formula is C20H15F4N3O3. The van der Waals surface area contributed by atoms with E-state index in [0.717, 1.165) is 17.0 Å². The van der Waals surface area contributed by atoms with Crippen molar-refractivity contribution in [3.63, 3.8) is 0 Å². The molecule has 1 amide bonds. The van der Waals surface area contributed by atoms with Gasteiger partial charge < -0.3 is 15.0 Å². The first-order chi connectivity index (χ1) is 14.2. The van der Waals surface area contributed by atoms with Crippen molar-refractivity contribution in [2.24, 2.45) is 0 Å². The summed E-state index contributed by atoms with van der Waals surface area (Å²) in [7, 11) is 0. The lowest BCUT2D eigenvalue weighted by Crippen LogP contribution is -2.22. The third kappa shape index (κ3) is 4.32. The second kappa shape index (κ2) is 8.36. The van der Waals surface area contributed by atoms with Crippen LogP contribution in [0.25, 0.3) is 11.4 Å². The lowest BCUT2D eigenvalue weighted by Gasteiger charge is -2.09. The summed E-state index contributed by atoms with van der Waals surface area (Å²) in [5.41, 5.74) is 1.28. The minimum absolute atomic E-state index is 0.00928. The van der Waals surface area contributed by atoms with E-state index in [9.17, 15) is 27.2 Å². The Bertz CT molecular complexity index is 1080. The number of hydrogen-bond acceptors (Lipinski definition) is 4. The van der Waals surface area contributed by atoms with Crippen LogP contribution in [-0.4, -0.2) is 28.5 Å². The van der Waals surface area contributed by atoms with Crippen molar-refractivity contribution in [3.8, 4) is 11.4 Å². The van der Waals surface area contributed by atoms with Crippen molar-refractivity contribution < 1.29 is 31.9 Å². The van der Waals surface area contributed by atoms with Crippen LogP contribution in [0.5, 0.6) is 0 Å². The van der Waals surface area contributed by atoms with E-state index in [4.69, 9.17) is 4.74 Å². The SMILES string of the molecule is Cc1nc(-c2ccc(C(=O)OCC(=O)Nc3c(F)c(F)cc(F)c3F)cc2)[nH]c1C. The Morgan fingerprint density at radius 2 is 1.63 bits per heavy atom. The van der Waals surface area contributed by atoms with E-state index in [1.54, 1.807) is 17.4 Å². The number of H-pyrrole nitrogens is 1. The predicted octanol–water partition coefficient (Wildman–Crippen LogP) is 4.05. The average Bonchev–Trinajstić information content (AvgIpc) is 3.06. The van der Waals surface area contributed by atoms with Gasteiger partial charge in [0.1, 0.15) is 11.5 Å². The molecule has 0 unspecified atom stereocenters. The second-order valence-corrected chi connectivity index (χ2v) is 6.34. The number of anilines is 1. The van der Waals surface area contributed by atoms with Crippen LogP contribution in [0.4, 0.5) is 23.2 Å². The average molecular weight is 421 g/mol. The molecule has 2 N–H and O–H groups in total. The van der Waals surface area contributed by atoms with Crippen LogP contribution in [0, 0.1) is 37.1 Å². The van der Waals surface area contributed by atoms with Gasteiger partial charge in [0.15, 0.2) is 29.9 Å². The molecule has 0 aliphatic carbocycles. The molecule has 1 heterocycles. The van der Waals surface area contributed by atoms with Gasteiger partial charge in [-0.1, -0.05) is 12.1 Å². The molecule has 1 aromatic heterocycles. The summed E-state index contributed by atoms with van der Waals surface area (Å²) in [6.45, 7) is 2.80. The Balaban J connectivity index is 1.62. The van der Waals surface area contributed by atoms with Crippen LogP contribution in [0.1, 0.15) is 21.7 Å². The Morgan fingerprint density at radius 3 is 2.17 bits per heavy atom. The fourth-order valence-electron chi connectivity index (χ4n) is 2.52. The number of nitrogens with zero attached hydrogens (tertiary/aromatic N) is 1.